The third kappa shape index (κ3) is 17.9. The van der Waals surface area contributed by atoms with E-state index in [1.54, 1.807) is 0 Å². The first-order valence-corrected chi connectivity index (χ1v) is 8.30. The smallest absolute Gasteiger partial charge is 0.0466 e. The molecular formula is C16H35NO2. The Labute approximate surface area is 119 Å². The zero-order chi connectivity index (χ0) is 14.0. The summed E-state index contributed by atoms with van der Waals surface area (Å²) in [6, 6.07) is 0. The van der Waals surface area contributed by atoms with Crippen molar-refractivity contribution in [3.63, 3.8) is 0 Å². The van der Waals surface area contributed by atoms with E-state index in [2.05, 4.69) is 0 Å². The van der Waals surface area contributed by atoms with Crippen LogP contribution >= 0.6 is 0 Å². The molecule has 0 bridgehead atoms. The molecule has 0 aromatic carbocycles. The molecule has 0 saturated carbocycles. The number of hydrogen-bond donors (Lipinski definition) is 2. The minimum absolute atomic E-state index is 0.347. The van der Waals surface area contributed by atoms with Gasteiger partial charge in [-0.3, -0.25) is 0 Å². The SMILES string of the molecule is NCCCCCCCOCCCCCCCCCO. The van der Waals surface area contributed by atoms with Gasteiger partial charge in [0.05, 0.1) is 0 Å². The lowest BCUT2D eigenvalue weighted by Gasteiger charge is -2.04. The van der Waals surface area contributed by atoms with Crippen LogP contribution in [-0.2, 0) is 4.74 Å². The van der Waals surface area contributed by atoms with Gasteiger partial charge >= 0.3 is 0 Å². The quantitative estimate of drug-likeness (QED) is 0.422. The van der Waals surface area contributed by atoms with Gasteiger partial charge in [-0.1, -0.05) is 51.4 Å². The summed E-state index contributed by atoms with van der Waals surface area (Å²) in [7, 11) is 0. The van der Waals surface area contributed by atoms with E-state index in [9.17, 15) is 0 Å². The predicted octanol–water partition coefficient (Wildman–Crippen LogP) is 3.64. The minimum Gasteiger partial charge on any atom is -0.396 e. The third-order valence-corrected chi connectivity index (χ3v) is 3.44. The van der Waals surface area contributed by atoms with Crippen molar-refractivity contribution in [1.29, 1.82) is 0 Å². The van der Waals surface area contributed by atoms with Crippen molar-refractivity contribution in [3.8, 4) is 0 Å². The summed E-state index contributed by atoms with van der Waals surface area (Å²) in [5.41, 5.74) is 5.45. The second-order valence-electron chi connectivity index (χ2n) is 5.37. The van der Waals surface area contributed by atoms with Gasteiger partial charge in [0.1, 0.15) is 0 Å². The fourth-order valence-corrected chi connectivity index (χ4v) is 2.18. The van der Waals surface area contributed by atoms with Crippen molar-refractivity contribution in [2.45, 2.75) is 77.0 Å². The number of nitrogens with two attached hydrogens (primary N) is 1. The highest BCUT2D eigenvalue weighted by Gasteiger charge is 1.93. The van der Waals surface area contributed by atoms with Gasteiger partial charge < -0.3 is 15.6 Å². The Morgan fingerprint density at radius 1 is 0.579 bits per heavy atom. The fourth-order valence-electron chi connectivity index (χ4n) is 2.18. The highest BCUT2D eigenvalue weighted by Crippen LogP contribution is 2.07. The molecule has 0 atom stereocenters. The van der Waals surface area contributed by atoms with E-state index in [1.165, 1.54) is 70.6 Å². The van der Waals surface area contributed by atoms with Crippen molar-refractivity contribution < 1.29 is 9.84 Å². The molecule has 0 aromatic heterocycles. The van der Waals surface area contributed by atoms with Crippen LogP contribution in [0, 0.1) is 0 Å². The predicted molar refractivity (Wildman–Crippen MR) is 82.4 cm³/mol. The first-order chi connectivity index (χ1) is 9.41. The molecule has 3 N–H and O–H groups in total. The van der Waals surface area contributed by atoms with Crippen molar-refractivity contribution in [3.05, 3.63) is 0 Å². The van der Waals surface area contributed by atoms with Crippen LogP contribution in [0.25, 0.3) is 0 Å². The summed E-state index contributed by atoms with van der Waals surface area (Å²) in [5, 5.41) is 8.65. The summed E-state index contributed by atoms with van der Waals surface area (Å²) in [6.07, 6.45) is 14.7. The summed E-state index contributed by atoms with van der Waals surface area (Å²) in [6.45, 7) is 3.04. The van der Waals surface area contributed by atoms with E-state index in [4.69, 9.17) is 15.6 Å². The Balaban J connectivity index is 2.88. The maximum atomic E-state index is 8.65. The largest absolute Gasteiger partial charge is 0.396 e. The van der Waals surface area contributed by atoms with Gasteiger partial charge in [-0.2, -0.15) is 0 Å². The standard InChI is InChI=1S/C16H35NO2/c17-13-9-5-4-8-12-16-19-15-11-7-3-1-2-6-10-14-18/h18H,1-17H2. The van der Waals surface area contributed by atoms with Crippen molar-refractivity contribution in [2.75, 3.05) is 26.4 Å². The summed E-state index contributed by atoms with van der Waals surface area (Å²) < 4.78 is 5.63. The molecule has 0 unspecified atom stereocenters. The van der Waals surface area contributed by atoms with Crippen LogP contribution in [0.15, 0.2) is 0 Å². The van der Waals surface area contributed by atoms with Crippen molar-refractivity contribution in [1.82, 2.24) is 0 Å². The van der Waals surface area contributed by atoms with E-state index >= 15 is 0 Å². The zero-order valence-electron chi connectivity index (χ0n) is 12.7. The number of unbranched alkanes of at least 4 members (excludes halogenated alkanes) is 10. The lowest BCUT2D eigenvalue weighted by Crippen LogP contribution is -1.99. The van der Waals surface area contributed by atoms with Gasteiger partial charge in [-0.25, -0.2) is 0 Å². The summed E-state index contributed by atoms with van der Waals surface area (Å²) in [4.78, 5) is 0. The normalized spacial score (nSPS) is 11.1. The van der Waals surface area contributed by atoms with Crippen LogP contribution in [0.3, 0.4) is 0 Å². The van der Waals surface area contributed by atoms with Crippen LogP contribution in [-0.4, -0.2) is 31.5 Å². The lowest BCUT2D eigenvalue weighted by molar-refractivity contribution is 0.125. The average molecular weight is 273 g/mol. The van der Waals surface area contributed by atoms with Crippen molar-refractivity contribution >= 4 is 0 Å². The maximum Gasteiger partial charge on any atom is 0.0466 e. The highest BCUT2D eigenvalue weighted by molar-refractivity contribution is 4.47. The Morgan fingerprint density at radius 3 is 1.47 bits per heavy atom. The Bertz CT molecular complexity index is 138. The molecule has 0 amide bonds. The number of hydrogen-bond acceptors (Lipinski definition) is 3. The molecule has 0 aliphatic carbocycles. The molecule has 19 heavy (non-hydrogen) atoms. The Kier molecular flexibility index (Phi) is 17.8. The molecule has 0 aliphatic heterocycles. The Morgan fingerprint density at radius 2 is 1.00 bits per heavy atom. The highest BCUT2D eigenvalue weighted by atomic mass is 16.5. The molecule has 0 heterocycles. The third-order valence-electron chi connectivity index (χ3n) is 3.44. The van der Waals surface area contributed by atoms with Gasteiger partial charge in [0, 0.05) is 19.8 Å². The molecule has 0 aliphatic rings. The van der Waals surface area contributed by atoms with Crippen molar-refractivity contribution in [2.24, 2.45) is 5.73 Å². The summed E-state index contributed by atoms with van der Waals surface area (Å²) >= 11 is 0. The number of ether oxygens (including phenoxy) is 1. The molecule has 0 saturated heterocycles. The van der Waals surface area contributed by atoms with Gasteiger partial charge in [-0.05, 0) is 32.2 Å². The van der Waals surface area contributed by atoms with Crippen LogP contribution in [0.1, 0.15) is 77.0 Å². The maximum absolute atomic E-state index is 8.65. The van der Waals surface area contributed by atoms with Crippen LogP contribution in [0.4, 0.5) is 0 Å². The van der Waals surface area contributed by atoms with Gasteiger partial charge in [0.2, 0.25) is 0 Å². The van der Waals surface area contributed by atoms with E-state index < -0.39 is 0 Å². The van der Waals surface area contributed by atoms with Crippen LogP contribution in [0.5, 0.6) is 0 Å². The zero-order valence-corrected chi connectivity index (χ0v) is 12.7. The van der Waals surface area contributed by atoms with Crippen LogP contribution < -0.4 is 5.73 Å². The van der Waals surface area contributed by atoms with E-state index in [0.29, 0.717) is 6.61 Å². The van der Waals surface area contributed by atoms with Gasteiger partial charge in [0.15, 0.2) is 0 Å². The lowest BCUT2D eigenvalue weighted by atomic mass is 10.1. The molecule has 3 heteroatoms. The topological polar surface area (TPSA) is 55.5 Å². The molecule has 3 nitrogen and oxygen atoms in total. The first kappa shape index (κ1) is 18.9. The first-order valence-electron chi connectivity index (χ1n) is 8.30. The minimum atomic E-state index is 0.347. The second kappa shape index (κ2) is 17.9. The molecule has 116 valence electrons. The van der Waals surface area contributed by atoms with E-state index in [0.717, 1.165) is 26.2 Å². The molecule has 0 aromatic rings. The fraction of sp³-hybridized carbons (Fsp3) is 1.00. The van der Waals surface area contributed by atoms with E-state index in [-0.39, 0.29) is 0 Å². The molecule has 0 radical (unpaired) electrons. The second-order valence-corrected chi connectivity index (χ2v) is 5.37. The molecule has 0 fully saturated rings. The average Bonchev–Trinajstić information content (AvgIpc) is 2.43. The molecule has 0 rings (SSSR count). The number of aliphatic hydroxyl groups is 1. The number of aliphatic hydroxyl groups excluding tert-OH is 1. The van der Waals surface area contributed by atoms with Gasteiger partial charge in [-0.15, -0.1) is 0 Å². The molecular weight excluding hydrogens is 238 g/mol. The molecule has 0 spiro atoms. The van der Waals surface area contributed by atoms with E-state index in [1.807, 2.05) is 0 Å². The summed E-state index contributed by atoms with van der Waals surface area (Å²) in [5.74, 6) is 0. The van der Waals surface area contributed by atoms with Gasteiger partial charge in [0.25, 0.3) is 0 Å². The van der Waals surface area contributed by atoms with Crippen LogP contribution in [0.2, 0.25) is 0 Å². The number of rotatable bonds is 16. The Hall–Kier alpha value is -0.120. The monoisotopic (exact) mass is 273 g/mol.